The Morgan fingerprint density at radius 1 is 1.20 bits per heavy atom. The van der Waals surface area contributed by atoms with Crippen molar-refractivity contribution in [1.29, 1.82) is 0 Å². The molecule has 0 aliphatic heterocycles. The van der Waals surface area contributed by atoms with Gasteiger partial charge in [0.25, 0.3) is 0 Å². The number of carbonyl (C=O) groups excluding carboxylic acids is 3. The number of hydrogen-bond acceptors (Lipinski definition) is 5. The van der Waals surface area contributed by atoms with Crippen LogP contribution in [0.2, 0.25) is 0 Å². The summed E-state index contributed by atoms with van der Waals surface area (Å²) in [5, 5.41) is 0. The Morgan fingerprint density at radius 2 is 1.80 bits per heavy atom. The molecule has 0 rings (SSSR count). The van der Waals surface area contributed by atoms with Crippen LogP contribution >= 0.6 is 0 Å². The van der Waals surface area contributed by atoms with E-state index in [4.69, 9.17) is 0 Å². The molecule has 84 valence electrons. The molecule has 0 radical (unpaired) electrons. The Bertz CT molecular complexity index is 280. The average Bonchev–Trinajstić information content (AvgIpc) is 2.14. The van der Waals surface area contributed by atoms with Crippen molar-refractivity contribution in [2.24, 2.45) is 0 Å². The van der Waals surface area contributed by atoms with Crippen molar-refractivity contribution >= 4 is 17.7 Å². The molecule has 0 aliphatic rings. The molecule has 0 atom stereocenters. The molecule has 0 bridgehead atoms. The van der Waals surface area contributed by atoms with Crippen LogP contribution in [0, 0.1) is 0 Å². The van der Waals surface area contributed by atoms with E-state index in [-0.39, 0.29) is 17.8 Å². The molecule has 0 heterocycles. The molecule has 0 N–H and O–H groups in total. The van der Waals surface area contributed by atoms with Gasteiger partial charge in [0, 0.05) is 12.0 Å². The van der Waals surface area contributed by atoms with Gasteiger partial charge < -0.3 is 0 Å². The van der Waals surface area contributed by atoms with Gasteiger partial charge in [-0.3, -0.25) is 4.79 Å². The van der Waals surface area contributed by atoms with Crippen molar-refractivity contribution in [2.75, 3.05) is 0 Å². The molecule has 0 aromatic carbocycles. The predicted molar refractivity (Wildman–Crippen MR) is 51.5 cm³/mol. The summed E-state index contributed by atoms with van der Waals surface area (Å²) in [6.07, 6.45) is 0.596. The molecular weight excluding hydrogens is 200 g/mol. The monoisotopic (exact) mass is 214 g/mol. The smallest absolute Gasteiger partial charge is 0.299 e. The van der Waals surface area contributed by atoms with Crippen LogP contribution in [0.4, 0.5) is 0 Å². The molecule has 0 saturated heterocycles. The van der Waals surface area contributed by atoms with Gasteiger partial charge in [0.05, 0.1) is 0 Å². The molecule has 5 nitrogen and oxygen atoms in total. The van der Waals surface area contributed by atoms with Crippen LogP contribution in [-0.2, 0) is 24.2 Å². The van der Waals surface area contributed by atoms with E-state index >= 15 is 0 Å². The zero-order chi connectivity index (χ0) is 11.8. The van der Waals surface area contributed by atoms with Crippen LogP contribution in [0.25, 0.3) is 0 Å². The molecule has 0 unspecified atom stereocenters. The lowest BCUT2D eigenvalue weighted by molar-refractivity contribution is -0.255. The normalized spacial score (nSPS) is 9.20. The fourth-order valence-electron chi connectivity index (χ4n) is 0.713. The minimum Gasteiger partial charge on any atom is -0.299 e. The lowest BCUT2D eigenvalue weighted by Crippen LogP contribution is -2.14. The van der Waals surface area contributed by atoms with Gasteiger partial charge in [0.1, 0.15) is 12.2 Å². The summed E-state index contributed by atoms with van der Waals surface area (Å²) in [6, 6.07) is 0. The minimum atomic E-state index is -0.872. The van der Waals surface area contributed by atoms with Crippen LogP contribution in [0.15, 0.2) is 12.2 Å². The van der Waals surface area contributed by atoms with Crippen molar-refractivity contribution in [2.45, 2.75) is 33.1 Å². The molecule has 0 fully saturated rings. The van der Waals surface area contributed by atoms with E-state index in [1.54, 1.807) is 0 Å². The van der Waals surface area contributed by atoms with Gasteiger partial charge in [-0.05, 0) is 13.3 Å². The zero-order valence-corrected chi connectivity index (χ0v) is 8.87. The van der Waals surface area contributed by atoms with Crippen LogP contribution in [0.3, 0.4) is 0 Å². The van der Waals surface area contributed by atoms with Crippen molar-refractivity contribution in [3.8, 4) is 0 Å². The Kier molecular flexibility index (Phi) is 6.01. The van der Waals surface area contributed by atoms with Gasteiger partial charge in [-0.1, -0.05) is 13.5 Å². The average molecular weight is 214 g/mol. The summed E-state index contributed by atoms with van der Waals surface area (Å²) >= 11 is 0. The molecule has 5 heteroatoms. The molecule has 0 amide bonds. The molecule has 0 aliphatic carbocycles. The first-order valence-corrected chi connectivity index (χ1v) is 4.56. The van der Waals surface area contributed by atoms with E-state index in [2.05, 4.69) is 16.4 Å². The number of ketones is 1. The second-order valence-corrected chi connectivity index (χ2v) is 3.07. The van der Waals surface area contributed by atoms with Gasteiger partial charge in [-0.2, -0.15) is 0 Å². The first-order chi connectivity index (χ1) is 6.97. The second kappa shape index (κ2) is 6.75. The maximum atomic E-state index is 11.0. The van der Waals surface area contributed by atoms with Crippen molar-refractivity contribution in [3.05, 3.63) is 12.2 Å². The van der Waals surface area contributed by atoms with E-state index in [0.29, 0.717) is 12.8 Å². The maximum absolute atomic E-state index is 11.0. The van der Waals surface area contributed by atoms with Crippen LogP contribution in [0.1, 0.15) is 33.1 Å². The largest absolute Gasteiger partial charge is 0.381 e. The van der Waals surface area contributed by atoms with E-state index in [9.17, 15) is 14.4 Å². The molecule has 0 aromatic heterocycles. The zero-order valence-electron chi connectivity index (χ0n) is 8.87. The lowest BCUT2D eigenvalue weighted by Gasteiger charge is -2.01. The number of Topliss-reactive ketones (excluding diaryl/α,β-unsaturated/α-hetero) is 1. The minimum absolute atomic E-state index is 0.114. The lowest BCUT2D eigenvalue weighted by atomic mass is 10.2. The Labute approximate surface area is 88.0 Å². The third-order valence-electron chi connectivity index (χ3n) is 1.43. The molecule has 0 aromatic rings. The molecular formula is C10H14O5. The summed E-state index contributed by atoms with van der Waals surface area (Å²) < 4.78 is 0. The Balaban J connectivity index is 3.80. The quantitative estimate of drug-likeness (QED) is 0.299. The first kappa shape index (κ1) is 13.4. The number of carbonyl (C=O) groups is 3. The van der Waals surface area contributed by atoms with Crippen LogP contribution < -0.4 is 0 Å². The van der Waals surface area contributed by atoms with Crippen molar-refractivity contribution < 1.29 is 24.2 Å². The summed E-state index contributed by atoms with van der Waals surface area (Å²) in [5.41, 5.74) is 0.114. The van der Waals surface area contributed by atoms with Crippen molar-refractivity contribution in [3.63, 3.8) is 0 Å². The van der Waals surface area contributed by atoms with E-state index in [1.165, 1.54) is 6.92 Å². The SMILES string of the molecule is C=C(C)C(=O)OOC(=O)CC(=O)CCC. The first-order valence-electron chi connectivity index (χ1n) is 4.56. The highest BCUT2D eigenvalue weighted by Crippen LogP contribution is 1.99. The van der Waals surface area contributed by atoms with E-state index < -0.39 is 11.9 Å². The summed E-state index contributed by atoms with van der Waals surface area (Å²) in [4.78, 5) is 40.9. The van der Waals surface area contributed by atoms with Gasteiger partial charge in [0.2, 0.25) is 0 Å². The predicted octanol–water partition coefficient (Wildman–Crippen LogP) is 1.32. The van der Waals surface area contributed by atoms with Crippen LogP contribution in [-0.4, -0.2) is 17.7 Å². The maximum Gasteiger partial charge on any atom is 0.381 e. The van der Waals surface area contributed by atoms with E-state index in [1.807, 2.05) is 6.92 Å². The fourth-order valence-corrected chi connectivity index (χ4v) is 0.713. The third-order valence-corrected chi connectivity index (χ3v) is 1.43. The van der Waals surface area contributed by atoms with Gasteiger partial charge in [-0.15, -0.1) is 0 Å². The standard InChI is InChI=1S/C10H14O5/c1-4-5-8(11)6-9(12)14-15-10(13)7(2)3/h2,4-6H2,1,3H3. The molecule has 0 spiro atoms. The third kappa shape index (κ3) is 6.42. The second-order valence-electron chi connectivity index (χ2n) is 3.07. The highest BCUT2D eigenvalue weighted by atomic mass is 17.2. The van der Waals surface area contributed by atoms with Crippen molar-refractivity contribution in [1.82, 2.24) is 0 Å². The van der Waals surface area contributed by atoms with Gasteiger partial charge in [0.15, 0.2) is 0 Å². The summed E-state index contributed by atoms with van der Waals surface area (Å²) in [5.74, 6) is -1.94. The van der Waals surface area contributed by atoms with Crippen LogP contribution in [0.5, 0.6) is 0 Å². The summed E-state index contributed by atoms with van der Waals surface area (Å²) in [6.45, 7) is 6.53. The molecule has 15 heavy (non-hydrogen) atoms. The number of hydrogen-bond donors (Lipinski definition) is 0. The Hall–Kier alpha value is -1.65. The fraction of sp³-hybridized carbons (Fsp3) is 0.500. The highest BCUT2D eigenvalue weighted by molar-refractivity contribution is 5.95. The topological polar surface area (TPSA) is 69.7 Å². The highest BCUT2D eigenvalue weighted by Gasteiger charge is 2.13. The van der Waals surface area contributed by atoms with Gasteiger partial charge >= 0.3 is 11.9 Å². The number of rotatable bonds is 5. The summed E-state index contributed by atoms with van der Waals surface area (Å²) in [7, 11) is 0. The Morgan fingerprint density at radius 3 is 2.27 bits per heavy atom. The van der Waals surface area contributed by atoms with Gasteiger partial charge in [-0.25, -0.2) is 19.4 Å². The van der Waals surface area contributed by atoms with E-state index in [0.717, 1.165) is 0 Å². The molecule has 0 saturated carbocycles.